The lowest BCUT2D eigenvalue weighted by Gasteiger charge is -2.26. The van der Waals surface area contributed by atoms with Gasteiger partial charge in [-0.05, 0) is 24.6 Å². The first-order chi connectivity index (χ1) is 13.0. The number of carbonyl (C=O) groups excluding carboxylic acids is 1. The molecule has 140 valence electrons. The van der Waals surface area contributed by atoms with E-state index in [1.807, 2.05) is 19.1 Å². The van der Waals surface area contributed by atoms with Crippen LogP contribution in [0.2, 0.25) is 0 Å². The van der Waals surface area contributed by atoms with Crippen LogP contribution in [-0.2, 0) is 19.9 Å². The first-order valence-electron chi connectivity index (χ1n) is 8.74. The third-order valence-corrected chi connectivity index (χ3v) is 4.77. The molecule has 1 fully saturated rings. The molecule has 1 N–H and O–H groups in total. The van der Waals surface area contributed by atoms with E-state index in [9.17, 15) is 4.79 Å². The van der Waals surface area contributed by atoms with Gasteiger partial charge in [-0.2, -0.15) is 5.10 Å². The molecule has 0 aliphatic carbocycles. The number of hydrogen-bond acceptors (Lipinski definition) is 6. The Kier molecular flexibility index (Phi) is 4.37. The Morgan fingerprint density at radius 3 is 2.89 bits per heavy atom. The second-order valence-electron chi connectivity index (χ2n) is 6.75. The second-order valence-corrected chi connectivity index (χ2v) is 6.75. The molecule has 1 amide bonds. The third-order valence-electron chi connectivity index (χ3n) is 4.77. The predicted octanol–water partition coefficient (Wildman–Crippen LogP) is 2.34. The fourth-order valence-electron chi connectivity index (χ4n) is 3.36. The van der Waals surface area contributed by atoms with Crippen molar-refractivity contribution in [3.05, 3.63) is 41.9 Å². The summed E-state index contributed by atoms with van der Waals surface area (Å²) >= 11 is 0. The molecule has 27 heavy (non-hydrogen) atoms. The lowest BCUT2D eigenvalue weighted by atomic mass is 9.97. The molecule has 1 aliphatic heterocycles. The van der Waals surface area contributed by atoms with Crippen LogP contribution in [0.3, 0.4) is 0 Å². The van der Waals surface area contributed by atoms with Gasteiger partial charge < -0.3 is 14.8 Å². The Morgan fingerprint density at radius 2 is 2.19 bits per heavy atom. The summed E-state index contributed by atoms with van der Waals surface area (Å²) in [5, 5.41) is 8.03. The average molecular weight is 367 g/mol. The van der Waals surface area contributed by atoms with E-state index >= 15 is 0 Å². The highest BCUT2D eigenvalue weighted by molar-refractivity contribution is 5.90. The third kappa shape index (κ3) is 3.17. The van der Waals surface area contributed by atoms with Crippen LogP contribution in [0, 0.1) is 6.92 Å². The van der Waals surface area contributed by atoms with Gasteiger partial charge in [-0.3, -0.25) is 4.79 Å². The lowest BCUT2D eigenvalue weighted by Crippen LogP contribution is -2.30. The van der Waals surface area contributed by atoms with Crippen LogP contribution in [0.25, 0.3) is 16.7 Å². The van der Waals surface area contributed by atoms with E-state index < -0.39 is 5.60 Å². The van der Waals surface area contributed by atoms with E-state index in [0.717, 1.165) is 28.6 Å². The van der Waals surface area contributed by atoms with E-state index in [1.54, 1.807) is 30.3 Å². The normalized spacial score (nSPS) is 19.5. The van der Waals surface area contributed by atoms with Gasteiger partial charge in [-0.15, -0.1) is 0 Å². The van der Waals surface area contributed by atoms with Crippen LogP contribution in [0.1, 0.15) is 24.6 Å². The number of fused-ring (bicyclic) bond motifs is 1. The maximum absolute atomic E-state index is 11.3. The molecule has 3 aromatic heterocycles. The zero-order chi connectivity index (χ0) is 19.0. The number of anilines is 1. The zero-order valence-electron chi connectivity index (χ0n) is 15.5. The van der Waals surface area contributed by atoms with Crippen LogP contribution in [-0.4, -0.2) is 46.0 Å². The molecule has 0 saturated carbocycles. The molecule has 0 bridgehead atoms. The van der Waals surface area contributed by atoms with Crippen molar-refractivity contribution < 1.29 is 14.3 Å². The van der Waals surface area contributed by atoms with Crippen molar-refractivity contribution in [3.8, 4) is 5.82 Å². The van der Waals surface area contributed by atoms with Gasteiger partial charge in [0.1, 0.15) is 11.4 Å². The van der Waals surface area contributed by atoms with Crippen molar-refractivity contribution in [2.45, 2.75) is 25.9 Å². The zero-order valence-corrected chi connectivity index (χ0v) is 15.5. The fourth-order valence-corrected chi connectivity index (χ4v) is 3.36. The molecule has 0 aromatic carbocycles. The van der Waals surface area contributed by atoms with Crippen LogP contribution >= 0.6 is 0 Å². The Hall–Kier alpha value is -2.84. The summed E-state index contributed by atoms with van der Waals surface area (Å²) in [6.45, 7) is 4.60. The maximum Gasteiger partial charge on any atom is 0.222 e. The summed E-state index contributed by atoms with van der Waals surface area (Å²) in [4.78, 5) is 20.4. The molecule has 1 atom stereocenters. The molecular weight excluding hydrogens is 346 g/mol. The Bertz CT molecular complexity index is 1010. The summed E-state index contributed by atoms with van der Waals surface area (Å²) in [5.74, 6) is 0.984. The molecule has 4 heterocycles. The average Bonchev–Trinajstić information content (AvgIpc) is 3.28. The van der Waals surface area contributed by atoms with E-state index in [1.165, 1.54) is 6.92 Å². The van der Waals surface area contributed by atoms with Gasteiger partial charge in [-0.1, -0.05) is 0 Å². The van der Waals surface area contributed by atoms with Crippen molar-refractivity contribution in [2.75, 3.05) is 25.6 Å². The number of aryl methyl sites for hydroxylation is 1. The minimum atomic E-state index is -0.535. The Morgan fingerprint density at radius 1 is 1.33 bits per heavy atom. The number of pyridine rings is 2. The Balaban J connectivity index is 1.82. The standard InChI is InChI=1S/C19H21N5O3/c1-12-6-16(19(26-3)4-5-27-11-19)23-18(7-12)24-15-8-17(22-13(2)25)20-9-14(15)10-21-24/h6-10H,4-5,11H2,1-3H3,(H,20,22,25). The van der Waals surface area contributed by atoms with Gasteiger partial charge in [-0.25, -0.2) is 14.6 Å². The highest BCUT2D eigenvalue weighted by Crippen LogP contribution is 2.34. The van der Waals surface area contributed by atoms with E-state index in [0.29, 0.717) is 24.8 Å². The number of methoxy groups -OCH3 is 1. The summed E-state index contributed by atoms with van der Waals surface area (Å²) in [6, 6.07) is 5.78. The minimum Gasteiger partial charge on any atom is -0.378 e. The van der Waals surface area contributed by atoms with Gasteiger partial charge in [0.25, 0.3) is 0 Å². The summed E-state index contributed by atoms with van der Waals surface area (Å²) in [5.41, 5.74) is 2.16. The molecule has 8 heteroatoms. The van der Waals surface area contributed by atoms with E-state index in [4.69, 9.17) is 14.5 Å². The summed E-state index contributed by atoms with van der Waals surface area (Å²) < 4.78 is 13.1. The number of nitrogens with one attached hydrogen (secondary N) is 1. The second kappa shape index (κ2) is 6.71. The molecule has 3 aromatic rings. The number of aromatic nitrogens is 4. The van der Waals surface area contributed by atoms with E-state index in [2.05, 4.69) is 15.4 Å². The van der Waals surface area contributed by atoms with Crippen LogP contribution in [0.5, 0.6) is 0 Å². The van der Waals surface area contributed by atoms with E-state index in [-0.39, 0.29) is 5.91 Å². The quantitative estimate of drug-likeness (QED) is 0.761. The van der Waals surface area contributed by atoms with Crippen molar-refractivity contribution in [3.63, 3.8) is 0 Å². The van der Waals surface area contributed by atoms with Crippen LogP contribution in [0.15, 0.2) is 30.6 Å². The SMILES string of the molecule is COC1(c2cc(C)cc(-n3ncc4cnc(NC(C)=O)cc43)n2)CCOC1. The highest BCUT2D eigenvalue weighted by Gasteiger charge is 2.38. The van der Waals surface area contributed by atoms with Crippen molar-refractivity contribution in [1.29, 1.82) is 0 Å². The number of hydrogen-bond donors (Lipinski definition) is 1. The molecule has 4 rings (SSSR count). The lowest BCUT2D eigenvalue weighted by molar-refractivity contribution is -0.114. The smallest absolute Gasteiger partial charge is 0.222 e. The van der Waals surface area contributed by atoms with Gasteiger partial charge in [0.05, 0.1) is 24.0 Å². The molecule has 8 nitrogen and oxygen atoms in total. The van der Waals surface area contributed by atoms with Crippen molar-refractivity contribution in [1.82, 2.24) is 19.7 Å². The highest BCUT2D eigenvalue weighted by atomic mass is 16.5. The van der Waals surface area contributed by atoms with Crippen molar-refractivity contribution >= 4 is 22.6 Å². The summed E-state index contributed by atoms with van der Waals surface area (Å²) in [6.07, 6.45) is 4.17. The van der Waals surface area contributed by atoms with Gasteiger partial charge in [0.2, 0.25) is 5.91 Å². The minimum absolute atomic E-state index is 0.174. The fraction of sp³-hybridized carbons (Fsp3) is 0.368. The molecule has 1 aliphatic rings. The number of nitrogens with zero attached hydrogens (tertiary/aromatic N) is 4. The van der Waals surface area contributed by atoms with Gasteiger partial charge in [0.15, 0.2) is 5.82 Å². The number of amides is 1. The van der Waals surface area contributed by atoms with Crippen LogP contribution in [0.4, 0.5) is 5.82 Å². The van der Waals surface area contributed by atoms with Gasteiger partial charge >= 0.3 is 0 Å². The van der Waals surface area contributed by atoms with Crippen LogP contribution < -0.4 is 5.32 Å². The Labute approximate surface area is 156 Å². The molecule has 0 radical (unpaired) electrons. The van der Waals surface area contributed by atoms with Crippen molar-refractivity contribution in [2.24, 2.45) is 0 Å². The maximum atomic E-state index is 11.3. The summed E-state index contributed by atoms with van der Waals surface area (Å²) in [7, 11) is 1.69. The first-order valence-corrected chi connectivity index (χ1v) is 8.74. The molecular formula is C19H21N5O3. The number of ether oxygens (including phenoxy) is 2. The van der Waals surface area contributed by atoms with Gasteiger partial charge in [0, 0.05) is 44.7 Å². The molecule has 0 spiro atoms. The molecule has 1 saturated heterocycles. The predicted molar refractivity (Wildman–Crippen MR) is 99.8 cm³/mol. The molecule has 1 unspecified atom stereocenters. The monoisotopic (exact) mass is 367 g/mol. The topological polar surface area (TPSA) is 91.2 Å². The largest absolute Gasteiger partial charge is 0.378 e. The number of rotatable bonds is 4. The first kappa shape index (κ1) is 17.6. The number of carbonyl (C=O) groups is 1.